The van der Waals surface area contributed by atoms with E-state index in [2.05, 4.69) is 13.8 Å². The molecule has 198 valence electrons. The normalized spacial score (nSPS) is 20.7. The number of Topliss-reactive ketones (excluding diaryl/α,β-unsaturated/α-hetero) is 1. The van der Waals surface area contributed by atoms with Gasteiger partial charge >= 0.3 is 0 Å². The predicted octanol–water partition coefficient (Wildman–Crippen LogP) is 3.11. The maximum absolute atomic E-state index is 12.1. The number of aromatic hydroxyl groups is 1. The van der Waals surface area contributed by atoms with Crippen molar-refractivity contribution in [2.45, 2.75) is 44.6 Å². The highest BCUT2D eigenvalue weighted by molar-refractivity contribution is 5.81. The summed E-state index contributed by atoms with van der Waals surface area (Å²) >= 11 is 0. The zero-order valence-corrected chi connectivity index (χ0v) is 21.2. The molecule has 2 atom stereocenters. The van der Waals surface area contributed by atoms with Gasteiger partial charge in [-0.25, -0.2) is 0 Å². The highest BCUT2D eigenvalue weighted by Gasteiger charge is 2.47. The van der Waals surface area contributed by atoms with E-state index in [1.165, 1.54) is 0 Å². The summed E-state index contributed by atoms with van der Waals surface area (Å²) in [6, 6.07) is 3.40. The number of ether oxygens (including phenoxy) is 7. The molecule has 3 rings (SSSR count). The second-order valence-corrected chi connectivity index (χ2v) is 9.34. The summed E-state index contributed by atoms with van der Waals surface area (Å²) in [6.45, 7) is 8.97. The zero-order valence-electron chi connectivity index (χ0n) is 21.2. The van der Waals surface area contributed by atoms with Crippen LogP contribution in [0.5, 0.6) is 17.2 Å². The van der Waals surface area contributed by atoms with Gasteiger partial charge in [-0.15, -0.1) is 0 Å². The standard InChI is InChI=1S/C26H40O9/c1-26(2)22-5-4-19(27)16-21(22)25-23(28)17-20(18-24(25)35-26)34-15-14-33-13-12-32-11-10-31-9-8-30-7-6-29-3/h17-18,21-22,28H,4-16H2,1-3H3/t21-,22-/m1/s1. The van der Waals surface area contributed by atoms with Crippen molar-refractivity contribution in [3.8, 4) is 17.2 Å². The molecule has 35 heavy (non-hydrogen) atoms. The second kappa shape index (κ2) is 14.0. The van der Waals surface area contributed by atoms with Crippen molar-refractivity contribution in [2.24, 2.45) is 5.92 Å². The molecule has 0 radical (unpaired) electrons. The summed E-state index contributed by atoms with van der Waals surface area (Å²) in [5.41, 5.74) is 0.320. The van der Waals surface area contributed by atoms with E-state index < -0.39 is 5.60 Å². The minimum absolute atomic E-state index is 0.0213. The largest absolute Gasteiger partial charge is 0.507 e. The molecule has 1 saturated carbocycles. The van der Waals surface area contributed by atoms with Crippen LogP contribution in [0.25, 0.3) is 0 Å². The number of carbonyl (C=O) groups is 1. The first-order valence-electron chi connectivity index (χ1n) is 12.4. The van der Waals surface area contributed by atoms with Crippen molar-refractivity contribution < 1.29 is 43.1 Å². The van der Waals surface area contributed by atoms with Crippen molar-refractivity contribution in [3.63, 3.8) is 0 Å². The van der Waals surface area contributed by atoms with Gasteiger partial charge in [-0.2, -0.15) is 0 Å². The van der Waals surface area contributed by atoms with Gasteiger partial charge in [-0.3, -0.25) is 4.79 Å². The quantitative estimate of drug-likeness (QED) is 0.346. The van der Waals surface area contributed by atoms with E-state index in [1.54, 1.807) is 19.2 Å². The number of phenolic OH excluding ortho intramolecular Hbond substituents is 1. The molecule has 1 aromatic carbocycles. The minimum Gasteiger partial charge on any atom is -0.507 e. The van der Waals surface area contributed by atoms with Crippen LogP contribution in [0.15, 0.2) is 12.1 Å². The Morgan fingerprint density at radius 3 is 2.09 bits per heavy atom. The average Bonchev–Trinajstić information content (AvgIpc) is 2.80. The van der Waals surface area contributed by atoms with Gasteiger partial charge in [-0.05, 0) is 20.3 Å². The van der Waals surface area contributed by atoms with E-state index in [9.17, 15) is 9.90 Å². The first kappa shape index (κ1) is 27.7. The molecule has 0 bridgehead atoms. The summed E-state index contributed by atoms with van der Waals surface area (Å²) in [6.07, 6.45) is 1.81. The molecule has 1 heterocycles. The topological polar surface area (TPSA) is 102 Å². The van der Waals surface area contributed by atoms with E-state index in [0.717, 1.165) is 12.0 Å². The Balaban J connectivity index is 1.30. The SMILES string of the molecule is COCCOCCOCCOCCOCCOc1cc(O)c2c(c1)OC(C)(C)[C@@H]1CCC(=O)C[C@@H]21. The third kappa shape index (κ3) is 8.32. The van der Waals surface area contributed by atoms with E-state index in [1.807, 2.05) is 0 Å². The Labute approximate surface area is 207 Å². The molecule has 0 unspecified atom stereocenters. The van der Waals surface area contributed by atoms with Crippen LogP contribution in [-0.4, -0.2) is 89.7 Å². The molecule has 0 saturated heterocycles. The van der Waals surface area contributed by atoms with Crippen molar-refractivity contribution in [1.82, 2.24) is 0 Å². The second-order valence-electron chi connectivity index (χ2n) is 9.34. The number of carbonyl (C=O) groups excluding carboxylic acids is 1. The Bertz CT molecular complexity index is 795. The number of rotatable bonds is 16. The summed E-state index contributed by atoms with van der Waals surface area (Å²) in [5.74, 6) is 1.65. The zero-order chi connectivity index (χ0) is 25.1. The van der Waals surface area contributed by atoms with Crippen LogP contribution < -0.4 is 9.47 Å². The van der Waals surface area contributed by atoms with Crippen LogP contribution in [0, 0.1) is 5.92 Å². The highest BCUT2D eigenvalue weighted by atomic mass is 16.6. The molecule has 0 amide bonds. The van der Waals surface area contributed by atoms with E-state index in [0.29, 0.717) is 90.4 Å². The van der Waals surface area contributed by atoms with Crippen LogP contribution in [0.4, 0.5) is 0 Å². The van der Waals surface area contributed by atoms with E-state index in [4.69, 9.17) is 33.2 Å². The molecule has 1 fully saturated rings. The summed E-state index contributed by atoms with van der Waals surface area (Å²) < 4.78 is 38.6. The molecule has 1 aliphatic heterocycles. The lowest BCUT2D eigenvalue weighted by Gasteiger charge is -2.47. The Kier molecular flexibility index (Phi) is 11.1. The molecule has 9 nitrogen and oxygen atoms in total. The van der Waals surface area contributed by atoms with Gasteiger partial charge in [0.05, 0.1) is 59.5 Å². The molecular formula is C26H40O9. The smallest absolute Gasteiger partial charge is 0.133 e. The number of benzene rings is 1. The Hall–Kier alpha value is -1.91. The third-order valence-electron chi connectivity index (χ3n) is 6.44. The van der Waals surface area contributed by atoms with Crippen molar-refractivity contribution in [1.29, 1.82) is 0 Å². The number of fused-ring (bicyclic) bond motifs is 3. The van der Waals surface area contributed by atoms with Gasteiger partial charge < -0.3 is 38.3 Å². The number of methoxy groups -OCH3 is 1. The minimum atomic E-state index is -0.407. The Morgan fingerprint density at radius 2 is 1.49 bits per heavy atom. The lowest BCUT2D eigenvalue weighted by Crippen LogP contribution is -2.47. The van der Waals surface area contributed by atoms with Crippen LogP contribution in [0.2, 0.25) is 0 Å². The predicted molar refractivity (Wildman–Crippen MR) is 129 cm³/mol. The third-order valence-corrected chi connectivity index (χ3v) is 6.44. The van der Waals surface area contributed by atoms with Gasteiger partial charge in [0.25, 0.3) is 0 Å². The fraction of sp³-hybridized carbons (Fsp3) is 0.731. The van der Waals surface area contributed by atoms with Crippen LogP contribution in [0.1, 0.15) is 44.6 Å². The molecule has 1 N–H and O–H groups in total. The van der Waals surface area contributed by atoms with Gasteiger partial charge in [0.2, 0.25) is 0 Å². The fourth-order valence-electron chi connectivity index (χ4n) is 4.75. The van der Waals surface area contributed by atoms with Crippen molar-refractivity contribution >= 4 is 5.78 Å². The van der Waals surface area contributed by atoms with Crippen LogP contribution in [0.3, 0.4) is 0 Å². The molecule has 2 aliphatic rings. The monoisotopic (exact) mass is 496 g/mol. The fourth-order valence-corrected chi connectivity index (χ4v) is 4.75. The van der Waals surface area contributed by atoms with E-state index >= 15 is 0 Å². The molecule has 1 aromatic rings. The maximum Gasteiger partial charge on any atom is 0.133 e. The Morgan fingerprint density at radius 1 is 0.914 bits per heavy atom. The van der Waals surface area contributed by atoms with Crippen molar-refractivity contribution in [3.05, 3.63) is 17.7 Å². The molecule has 9 heteroatoms. The highest BCUT2D eigenvalue weighted by Crippen LogP contribution is 2.54. The number of phenols is 1. The summed E-state index contributed by atoms with van der Waals surface area (Å²) in [4.78, 5) is 12.1. The summed E-state index contributed by atoms with van der Waals surface area (Å²) in [7, 11) is 1.64. The first-order chi connectivity index (χ1) is 16.9. The van der Waals surface area contributed by atoms with Gasteiger partial charge in [0.15, 0.2) is 0 Å². The van der Waals surface area contributed by atoms with Gasteiger partial charge in [-0.1, -0.05) is 0 Å². The molecular weight excluding hydrogens is 456 g/mol. The maximum atomic E-state index is 12.1. The number of hydrogen-bond acceptors (Lipinski definition) is 9. The van der Waals surface area contributed by atoms with Crippen molar-refractivity contribution in [2.75, 3.05) is 73.2 Å². The van der Waals surface area contributed by atoms with E-state index in [-0.39, 0.29) is 23.4 Å². The molecule has 0 aromatic heterocycles. The first-order valence-corrected chi connectivity index (χ1v) is 12.4. The van der Waals surface area contributed by atoms with Crippen LogP contribution >= 0.6 is 0 Å². The number of hydrogen-bond donors (Lipinski definition) is 1. The molecule has 1 aliphatic carbocycles. The van der Waals surface area contributed by atoms with Crippen LogP contribution in [-0.2, 0) is 28.5 Å². The lowest BCUT2D eigenvalue weighted by molar-refractivity contribution is -0.124. The summed E-state index contributed by atoms with van der Waals surface area (Å²) in [5, 5.41) is 10.7. The van der Waals surface area contributed by atoms with Gasteiger partial charge in [0.1, 0.15) is 35.2 Å². The lowest BCUT2D eigenvalue weighted by atomic mass is 9.66. The van der Waals surface area contributed by atoms with Gasteiger partial charge in [0, 0.05) is 49.5 Å². The molecule has 0 spiro atoms. The average molecular weight is 497 g/mol. The number of ketones is 1.